The van der Waals surface area contributed by atoms with E-state index in [9.17, 15) is 4.79 Å². The Morgan fingerprint density at radius 2 is 1.72 bits per heavy atom. The minimum absolute atomic E-state index is 0.0244. The normalized spacial score (nSPS) is 10.9. The summed E-state index contributed by atoms with van der Waals surface area (Å²) < 4.78 is 16.8. The molecular weight excluding hydrogens is 368 g/mol. The summed E-state index contributed by atoms with van der Waals surface area (Å²) in [6, 6.07) is 12.5. The summed E-state index contributed by atoms with van der Waals surface area (Å²) in [7, 11) is 1.56. The van der Waals surface area contributed by atoms with Crippen LogP contribution in [0.5, 0.6) is 17.2 Å². The van der Waals surface area contributed by atoms with Gasteiger partial charge in [-0.2, -0.15) is 0 Å². The number of ether oxygens (including phenoxy) is 3. The molecule has 0 spiro atoms. The first kappa shape index (κ1) is 22.6. The van der Waals surface area contributed by atoms with Crippen molar-refractivity contribution in [2.45, 2.75) is 33.8 Å². The van der Waals surface area contributed by atoms with Gasteiger partial charge in [0.1, 0.15) is 12.4 Å². The van der Waals surface area contributed by atoms with Gasteiger partial charge in [-0.25, -0.2) is 0 Å². The Hall–Kier alpha value is -2.73. The first-order valence-electron chi connectivity index (χ1n) is 10.1. The fourth-order valence-electron chi connectivity index (χ4n) is 2.83. The van der Waals surface area contributed by atoms with Crippen molar-refractivity contribution in [2.24, 2.45) is 0 Å². The summed E-state index contributed by atoms with van der Waals surface area (Å²) >= 11 is 0. The second-order valence-electron chi connectivity index (χ2n) is 6.89. The lowest BCUT2D eigenvalue weighted by Crippen LogP contribution is -2.27. The smallest absolute Gasteiger partial charge is 0.255 e. The van der Waals surface area contributed by atoms with Crippen molar-refractivity contribution in [3.05, 3.63) is 48.0 Å². The van der Waals surface area contributed by atoms with Crippen LogP contribution >= 0.6 is 0 Å². The van der Waals surface area contributed by atoms with Crippen LogP contribution in [0.25, 0.3) is 0 Å². The van der Waals surface area contributed by atoms with E-state index >= 15 is 0 Å². The number of benzene rings is 2. The minimum Gasteiger partial charge on any atom is -0.493 e. The summed E-state index contributed by atoms with van der Waals surface area (Å²) in [4.78, 5) is 14.9. The van der Waals surface area contributed by atoms with Crippen molar-refractivity contribution >= 4 is 11.6 Å². The second-order valence-corrected chi connectivity index (χ2v) is 6.89. The molecule has 0 aromatic heterocycles. The summed E-state index contributed by atoms with van der Waals surface area (Å²) in [6.07, 6.45) is 0.0244. The fourth-order valence-corrected chi connectivity index (χ4v) is 2.83. The molecule has 0 radical (unpaired) electrons. The molecule has 0 saturated heterocycles. The second kappa shape index (κ2) is 11.3. The van der Waals surface area contributed by atoms with Gasteiger partial charge in [-0.1, -0.05) is 13.8 Å². The SMILES string of the molecule is CCN(CC)CCOc1ccc(NC(=O)c2ccc(OC(C)C)c(OC)c2)cc1. The molecule has 1 N–H and O–H groups in total. The number of methoxy groups -OCH3 is 1. The average molecular weight is 401 g/mol. The molecule has 158 valence electrons. The lowest BCUT2D eigenvalue weighted by Gasteiger charge is -2.18. The lowest BCUT2D eigenvalue weighted by atomic mass is 10.1. The van der Waals surface area contributed by atoms with Crippen molar-refractivity contribution in [1.29, 1.82) is 0 Å². The Kier molecular flexibility index (Phi) is 8.80. The number of likely N-dealkylation sites (N-methyl/N-ethyl adjacent to an activating group) is 1. The zero-order chi connectivity index (χ0) is 21.2. The Morgan fingerprint density at radius 3 is 2.31 bits per heavy atom. The van der Waals surface area contributed by atoms with Gasteiger partial charge in [0, 0.05) is 17.8 Å². The van der Waals surface area contributed by atoms with E-state index in [1.165, 1.54) is 0 Å². The number of amides is 1. The predicted octanol–water partition coefficient (Wildman–Crippen LogP) is 4.46. The molecule has 1 amide bonds. The number of nitrogens with zero attached hydrogens (tertiary/aromatic N) is 1. The Morgan fingerprint density at radius 1 is 1.03 bits per heavy atom. The zero-order valence-electron chi connectivity index (χ0n) is 18.0. The van der Waals surface area contributed by atoms with Crippen LogP contribution in [0.1, 0.15) is 38.1 Å². The summed E-state index contributed by atoms with van der Waals surface area (Å²) in [6.45, 7) is 11.7. The average Bonchev–Trinajstić information content (AvgIpc) is 2.72. The first-order chi connectivity index (χ1) is 14.0. The molecule has 0 heterocycles. The largest absolute Gasteiger partial charge is 0.493 e. The highest BCUT2D eigenvalue weighted by Crippen LogP contribution is 2.29. The number of carbonyl (C=O) groups excluding carboxylic acids is 1. The van der Waals surface area contributed by atoms with Gasteiger partial charge in [-0.3, -0.25) is 4.79 Å². The highest BCUT2D eigenvalue weighted by molar-refractivity contribution is 6.04. The Balaban J connectivity index is 1.95. The van der Waals surface area contributed by atoms with Gasteiger partial charge < -0.3 is 24.4 Å². The van der Waals surface area contributed by atoms with E-state index in [1.807, 2.05) is 38.1 Å². The molecule has 0 aliphatic carbocycles. The minimum atomic E-state index is -0.213. The maximum atomic E-state index is 12.6. The number of hydrogen-bond donors (Lipinski definition) is 1. The van der Waals surface area contributed by atoms with E-state index in [0.717, 1.165) is 25.4 Å². The van der Waals surface area contributed by atoms with Crippen LogP contribution in [0.15, 0.2) is 42.5 Å². The van der Waals surface area contributed by atoms with Gasteiger partial charge in [0.15, 0.2) is 11.5 Å². The van der Waals surface area contributed by atoms with Crippen molar-refractivity contribution in [3.63, 3.8) is 0 Å². The molecule has 0 bridgehead atoms. The standard InChI is InChI=1S/C23H32N2O4/c1-6-25(7-2)14-15-28-20-11-9-19(10-12-20)24-23(26)18-8-13-21(29-17(3)4)22(16-18)27-5/h8-13,16-17H,6-7,14-15H2,1-5H3,(H,24,26). The molecule has 6 nitrogen and oxygen atoms in total. The highest BCUT2D eigenvalue weighted by Gasteiger charge is 2.12. The Labute approximate surface area is 173 Å². The highest BCUT2D eigenvalue weighted by atomic mass is 16.5. The maximum absolute atomic E-state index is 12.6. The molecule has 29 heavy (non-hydrogen) atoms. The number of carbonyl (C=O) groups is 1. The lowest BCUT2D eigenvalue weighted by molar-refractivity contribution is 0.102. The number of hydrogen-bond acceptors (Lipinski definition) is 5. The summed E-state index contributed by atoms with van der Waals surface area (Å²) in [5.74, 6) is 1.72. The van der Waals surface area contributed by atoms with Crippen molar-refractivity contribution in [3.8, 4) is 17.2 Å². The van der Waals surface area contributed by atoms with Crippen LogP contribution in [0.3, 0.4) is 0 Å². The third-order valence-electron chi connectivity index (χ3n) is 4.47. The van der Waals surface area contributed by atoms with Crippen molar-refractivity contribution in [2.75, 3.05) is 38.7 Å². The summed E-state index contributed by atoms with van der Waals surface area (Å²) in [5.41, 5.74) is 1.20. The van der Waals surface area contributed by atoms with Crippen molar-refractivity contribution in [1.82, 2.24) is 4.90 Å². The van der Waals surface area contributed by atoms with Gasteiger partial charge in [0.05, 0.1) is 13.2 Å². The molecule has 2 aromatic rings. The molecule has 0 aliphatic heterocycles. The van der Waals surface area contributed by atoms with Crippen LogP contribution in [-0.2, 0) is 0 Å². The maximum Gasteiger partial charge on any atom is 0.255 e. The van der Waals surface area contributed by atoms with E-state index in [4.69, 9.17) is 14.2 Å². The van der Waals surface area contributed by atoms with E-state index in [2.05, 4.69) is 24.1 Å². The first-order valence-corrected chi connectivity index (χ1v) is 10.1. The topological polar surface area (TPSA) is 60.0 Å². The molecule has 2 aromatic carbocycles. The zero-order valence-corrected chi connectivity index (χ0v) is 18.0. The van der Waals surface area contributed by atoms with Crippen LogP contribution in [-0.4, -0.2) is 50.3 Å². The molecule has 0 unspecified atom stereocenters. The van der Waals surface area contributed by atoms with Crippen LogP contribution in [0, 0.1) is 0 Å². The molecule has 6 heteroatoms. The number of rotatable bonds is 11. The van der Waals surface area contributed by atoms with E-state index in [1.54, 1.807) is 25.3 Å². The van der Waals surface area contributed by atoms with Gasteiger partial charge in [-0.05, 0) is 69.4 Å². The Bertz CT molecular complexity index is 771. The molecule has 0 aliphatic rings. The quantitative estimate of drug-likeness (QED) is 0.604. The molecule has 2 rings (SSSR count). The third-order valence-corrected chi connectivity index (χ3v) is 4.47. The van der Waals surface area contributed by atoms with Gasteiger partial charge in [0.2, 0.25) is 0 Å². The molecule has 0 atom stereocenters. The molecule has 0 fully saturated rings. The number of anilines is 1. The van der Waals surface area contributed by atoms with E-state index in [-0.39, 0.29) is 12.0 Å². The molecule has 0 saturated carbocycles. The molecular formula is C23H32N2O4. The van der Waals surface area contributed by atoms with Gasteiger partial charge in [-0.15, -0.1) is 0 Å². The van der Waals surface area contributed by atoms with E-state index < -0.39 is 0 Å². The predicted molar refractivity (Wildman–Crippen MR) is 116 cm³/mol. The van der Waals surface area contributed by atoms with Crippen LogP contribution < -0.4 is 19.5 Å². The monoisotopic (exact) mass is 400 g/mol. The van der Waals surface area contributed by atoms with Crippen LogP contribution in [0.4, 0.5) is 5.69 Å². The van der Waals surface area contributed by atoms with E-state index in [0.29, 0.717) is 29.4 Å². The fraction of sp³-hybridized carbons (Fsp3) is 0.435. The van der Waals surface area contributed by atoms with Gasteiger partial charge >= 0.3 is 0 Å². The summed E-state index contributed by atoms with van der Waals surface area (Å²) in [5, 5.41) is 2.89. The third kappa shape index (κ3) is 6.98. The van der Waals surface area contributed by atoms with Crippen LogP contribution in [0.2, 0.25) is 0 Å². The van der Waals surface area contributed by atoms with Gasteiger partial charge in [0.25, 0.3) is 5.91 Å². The van der Waals surface area contributed by atoms with Crippen molar-refractivity contribution < 1.29 is 19.0 Å². The number of nitrogens with one attached hydrogen (secondary N) is 1.